The van der Waals surface area contributed by atoms with Gasteiger partial charge in [0, 0.05) is 20.7 Å². The molecule has 0 saturated heterocycles. The number of alkyl halides is 3. The Morgan fingerprint density at radius 3 is 2.53 bits per heavy atom. The van der Waals surface area contributed by atoms with E-state index in [0.717, 1.165) is 21.1 Å². The second-order valence-corrected chi connectivity index (χ2v) is 6.64. The van der Waals surface area contributed by atoms with Crippen LogP contribution in [0.2, 0.25) is 0 Å². The van der Waals surface area contributed by atoms with Crippen molar-refractivity contribution in [3.8, 4) is 0 Å². The summed E-state index contributed by atoms with van der Waals surface area (Å²) in [5, 5.41) is 3.21. The largest absolute Gasteiger partial charge is 0.391 e. The summed E-state index contributed by atoms with van der Waals surface area (Å²) < 4.78 is 40.0. The molecule has 1 saturated carbocycles. The first-order valence-corrected chi connectivity index (χ1v) is 7.73. The smallest absolute Gasteiger partial charge is 0.381 e. The van der Waals surface area contributed by atoms with Gasteiger partial charge in [-0.15, -0.1) is 0 Å². The molecule has 1 aromatic carbocycles. The highest BCUT2D eigenvalue weighted by Crippen LogP contribution is 2.39. The van der Waals surface area contributed by atoms with Gasteiger partial charge in [-0.1, -0.05) is 22.4 Å². The normalized spacial score (nSPS) is 24.3. The predicted octanol–water partition coefficient (Wildman–Crippen LogP) is 5.74. The van der Waals surface area contributed by atoms with Gasteiger partial charge in [0.1, 0.15) is 0 Å². The first-order valence-electron chi connectivity index (χ1n) is 6.14. The first-order chi connectivity index (χ1) is 8.86. The highest BCUT2D eigenvalue weighted by molar-refractivity contribution is 9.11. The van der Waals surface area contributed by atoms with Gasteiger partial charge < -0.3 is 5.32 Å². The van der Waals surface area contributed by atoms with E-state index in [1.54, 1.807) is 0 Å². The second-order valence-electron chi connectivity index (χ2n) is 4.87. The minimum atomic E-state index is -4.07. The van der Waals surface area contributed by atoms with E-state index >= 15 is 0 Å². The van der Waals surface area contributed by atoms with E-state index in [-0.39, 0.29) is 18.9 Å². The molecule has 0 aromatic heterocycles. The Morgan fingerprint density at radius 1 is 1.16 bits per heavy atom. The fourth-order valence-corrected chi connectivity index (χ4v) is 3.61. The molecule has 1 aliphatic carbocycles. The third kappa shape index (κ3) is 4.12. The van der Waals surface area contributed by atoms with Crippen LogP contribution in [0.25, 0.3) is 0 Å². The number of anilines is 1. The van der Waals surface area contributed by atoms with E-state index in [4.69, 9.17) is 0 Å². The van der Waals surface area contributed by atoms with Crippen molar-refractivity contribution < 1.29 is 13.2 Å². The molecule has 0 bridgehead atoms. The molecule has 0 spiro atoms. The summed E-state index contributed by atoms with van der Waals surface area (Å²) in [6.07, 6.45) is -2.25. The molecule has 1 aromatic rings. The Hall–Kier alpha value is -0.230. The third-order valence-electron chi connectivity index (χ3n) is 3.43. The highest BCUT2D eigenvalue weighted by Gasteiger charge is 2.42. The molecule has 106 valence electrons. The maximum absolute atomic E-state index is 12.7. The number of hydrogen-bond acceptors (Lipinski definition) is 1. The van der Waals surface area contributed by atoms with Gasteiger partial charge in [0.2, 0.25) is 0 Å². The highest BCUT2D eigenvalue weighted by atomic mass is 79.9. The first kappa shape index (κ1) is 15.2. The van der Waals surface area contributed by atoms with Gasteiger partial charge in [0.25, 0.3) is 0 Å². The van der Waals surface area contributed by atoms with Crippen LogP contribution < -0.4 is 5.32 Å². The Morgan fingerprint density at radius 2 is 1.89 bits per heavy atom. The van der Waals surface area contributed by atoms with Crippen LogP contribution in [0.15, 0.2) is 27.1 Å². The fourth-order valence-electron chi connectivity index (χ4n) is 2.44. The van der Waals surface area contributed by atoms with Gasteiger partial charge in [-0.2, -0.15) is 13.2 Å². The zero-order valence-electron chi connectivity index (χ0n) is 10.1. The minimum Gasteiger partial charge on any atom is -0.381 e. The average Bonchev–Trinajstić information content (AvgIpc) is 2.32. The molecule has 2 unspecified atom stereocenters. The molecular weight excluding hydrogens is 387 g/mol. The summed E-state index contributed by atoms with van der Waals surface area (Å²) >= 11 is 6.76. The molecule has 1 nitrogen and oxygen atoms in total. The lowest BCUT2D eigenvalue weighted by Crippen LogP contribution is -2.34. The summed E-state index contributed by atoms with van der Waals surface area (Å²) in [4.78, 5) is 0. The number of nitrogens with one attached hydrogen (secondary N) is 1. The monoisotopic (exact) mass is 399 g/mol. The molecule has 1 N–H and O–H groups in total. The summed E-state index contributed by atoms with van der Waals surface area (Å²) in [6, 6.07) is 5.51. The van der Waals surface area contributed by atoms with E-state index in [9.17, 15) is 13.2 Å². The molecule has 0 heterocycles. The average molecular weight is 401 g/mol. The van der Waals surface area contributed by atoms with Crippen molar-refractivity contribution in [3.63, 3.8) is 0 Å². The van der Waals surface area contributed by atoms with Gasteiger partial charge in [-0.25, -0.2) is 0 Å². The van der Waals surface area contributed by atoms with Crippen LogP contribution in [0.4, 0.5) is 18.9 Å². The lowest BCUT2D eigenvalue weighted by molar-refractivity contribution is -0.182. The van der Waals surface area contributed by atoms with Crippen molar-refractivity contribution in [2.75, 3.05) is 5.32 Å². The fraction of sp³-hybridized carbons (Fsp3) is 0.538. The quantitative estimate of drug-likeness (QED) is 0.666. The molecule has 0 radical (unpaired) electrons. The van der Waals surface area contributed by atoms with Crippen LogP contribution >= 0.6 is 31.9 Å². The Labute approximate surface area is 127 Å². The molecule has 1 fully saturated rings. The van der Waals surface area contributed by atoms with Gasteiger partial charge in [-0.3, -0.25) is 0 Å². The molecule has 0 amide bonds. The van der Waals surface area contributed by atoms with E-state index in [2.05, 4.69) is 37.2 Å². The molecule has 6 heteroatoms. The lowest BCUT2D eigenvalue weighted by Gasteiger charge is -2.31. The van der Waals surface area contributed by atoms with Crippen molar-refractivity contribution in [1.29, 1.82) is 0 Å². The van der Waals surface area contributed by atoms with E-state index < -0.39 is 12.1 Å². The predicted molar refractivity (Wildman–Crippen MR) is 77.3 cm³/mol. The SMILES string of the molecule is FC(F)(F)C1CCCC(Nc2ccc(Br)cc2Br)C1. The zero-order valence-corrected chi connectivity index (χ0v) is 13.3. The Kier molecular flexibility index (Phi) is 4.82. The van der Waals surface area contributed by atoms with E-state index in [1.807, 2.05) is 18.2 Å². The maximum Gasteiger partial charge on any atom is 0.391 e. The molecule has 1 aliphatic rings. The van der Waals surface area contributed by atoms with Crippen LogP contribution in [0.3, 0.4) is 0 Å². The van der Waals surface area contributed by atoms with E-state index in [0.29, 0.717) is 6.42 Å². The van der Waals surface area contributed by atoms with Crippen LogP contribution in [0, 0.1) is 5.92 Å². The lowest BCUT2D eigenvalue weighted by atomic mass is 9.85. The van der Waals surface area contributed by atoms with Gasteiger partial charge in [0.05, 0.1) is 5.92 Å². The van der Waals surface area contributed by atoms with Crippen LogP contribution in [-0.2, 0) is 0 Å². The van der Waals surface area contributed by atoms with Gasteiger partial charge in [0.15, 0.2) is 0 Å². The summed E-state index contributed by atoms with van der Waals surface area (Å²) in [5.41, 5.74) is 0.844. The minimum absolute atomic E-state index is 0.113. The van der Waals surface area contributed by atoms with Crippen LogP contribution in [-0.4, -0.2) is 12.2 Å². The molecule has 0 aliphatic heterocycles. The Balaban J connectivity index is 2.03. The van der Waals surface area contributed by atoms with Gasteiger partial charge >= 0.3 is 6.18 Å². The van der Waals surface area contributed by atoms with E-state index in [1.165, 1.54) is 0 Å². The molecule has 2 rings (SSSR count). The second kappa shape index (κ2) is 6.04. The Bertz CT molecular complexity index is 448. The zero-order chi connectivity index (χ0) is 14.0. The summed E-state index contributed by atoms with van der Waals surface area (Å²) in [6.45, 7) is 0. The van der Waals surface area contributed by atoms with Crippen LogP contribution in [0.1, 0.15) is 25.7 Å². The number of benzene rings is 1. The van der Waals surface area contributed by atoms with Crippen molar-refractivity contribution in [1.82, 2.24) is 0 Å². The van der Waals surface area contributed by atoms with Crippen molar-refractivity contribution >= 4 is 37.5 Å². The van der Waals surface area contributed by atoms with Gasteiger partial charge in [-0.05, 0) is 53.4 Å². The van der Waals surface area contributed by atoms with Crippen molar-refractivity contribution in [2.24, 2.45) is 5.92 Å². The number of rotatable bonds is 2. The van der Waals surface area contributed by atoms with Crippen molar-refractivity contribution in [2.45, 2.75) is 37.9 Å². The third-order valence-corrected chi connectivity index (χ3v) is 4.58. The van der Waals surface area contributed by atoms with Crippen molar-refractivity contribution in [3.05, 3.63) is 27.1 Å². The number of hydrogen-bond donors (Lipinski definition) is 1. The number of halogens is 5. The molecule has 2 atom stereocenters. The topological polar surface area (TPSA) is 12.0 Å². The summed E-state index contributed by atoms with van der Waals surface area (Å²) in [5.74, 6) is -1.17. The molecule has 19 heavy (non-hydrogen) atoms. The van der Waals surface area contributed by atoms with Crippen LogP contribution in [0.5, 0.6) is 0 Å². The standard InChI is InChI=1S/C13H14Br2F3N/c14-9-4-5-12(11(15)7-9)19-10-3-1-2-8(6-10)13(16,17)18/h4-5,7-8,10,19H,1-3,6H2. The molecular formula is C13H14Br2F3N. The maximum atomic E-state index is 12.7. The summed E-state index contributed by atoms with van der Waals surface area (Å²) in [7, 11) is 0.